The molecule has 2 N–H and O–H groups in total. The summed E-state index contributed by atoms with van der Waals surface area (Å²) >= 11 is 0. The lowest BCUT2D eigenvalue weighted by Crippen LogP contribution is -1.98. The Morgan fingerprint density at radius 3 is 2.24 bits per heavy atom. The fourth-order valence-electron chi connectivity index (χ4n) is 2.06. The quantitative estimate of drug-likeness (QED) is 0.226. The number of hydrogen-bond donors (Lipinski definition) is 2. The van der Waals surface area contributed by atoms with Crippen molar-refractivity contribution in [3.63, 3.8) is 0 Å². The number of aliphatic hydroxyl groups is 1. The van der Waals surface area contributed by atoms with Gasteiger partial charge in [-0.15, -0.1) is 0 Å². The van der Waals surface area contributed by atoms with E-state index in [2.05, 4.69) is 25.2 Å². The SMILES string of the molecule is CCCCCC=CC=CC(O)CC=CCC=CCC=CCCC(=O)O. The van der Waals surface area contributed by atoms with E-state index in [1.807, 2.05) is 42.5 Å². The van der Waals surface area contributed by atoms with Crippen molar-refractivity contribution in [2.75, 3.05) is 0 Å². The van der Waals surface area contributed by atoms with Crippen LogP contribution in [0.3, 0.4) is 0 Å². The lowest BCUT2D eigenvalue weighted by molar-refractivity contribution is -0.136. The number of carboxylic acid groups (broad SMARTS) is 1. The molecule has 0 fully saturated rings. The van der Waals surface area contributed by atoms with Crippen molar-refractivity contribution >= 4 is 5.97 Å². The highest BCUT2D eigenvalue weighted by Crippen LogP contribution is 2.01. The topological polar surface area (TPSA) is 57.5 Å². The molecule has 0 aliphatic carbocycles. The number of rotatable bonds is 15. The van der Waals surface area contributed by atoms with Crippen LogP contribution in [-0.2, 0) is 4.79 Å². The van der Waals surface area contributed by atoms with E-state index >= 15 is 0 Å². The average molecular weight is 347 g/mol. The van der Waals surface area contributed by atoms with E-state index in [0.29, 0.717) is 12.8 Å². The summed E-state index contributed by atoms with van der Waals surface area (Å²) < 4.78 is 0. The van der Waals surface area contributed by atoms with Crippen LogP contribution in [0.5, 0.6) is 0 Å². The van der Waals surface area contributed by atoms with Crippen LogP contribution in [0.25, 0.3) is 0 Å². The van der Waals surface area contributed by atoms with Gasteiger partial charge in [0, 0.05) is 6.42 Å². The fourth-order valence-corrected chi connectivity index (χ4v) is 2.06. The standard InChI is InChI=1S/C22H34O3/c1-2-3-4-5-9-12-15-18-21(23)19-16-13-10-7-6-8-11-14-17-20-22(24)25/h6-7,9,11-16,18,21,23H,2-5,8,10,17,19-20H2,1H3,(H,24,25). The fraction of sp³-hybridized carbons (Fsp3) is 0.500. The number of aliphatic carboxylic acids is 1. The molecule has 1 unspecified atom stereocenters. The minimum Gasteiger partial charge on any atom is -0.481 e. The van der Waals surface area contributed by atoms with Crippen LogP contribution >= 0.6 is 0 Å². The van der Waals surface area contributed by atoms with Crippen LogP contribution < -0.4 is 0 Å². The molecule has 0 spiro atoms. The summed E-state index contributed by atoms with van der Waals surface area (Å²) in [5.74, 6) is -0.759. The minimum absolute atomic E-state index is 0.189. The molecular formula is C22H34O3. The molecule has 0 rings (SSSR count). The molecule has 1 atom stereocenters. The number of aliphatic hydroxyl groups excluding tert-OH is 1. The highest BCUT2D eigenvalue weighted by atomic mass is 16.4. The molecule has 0 aromatic rings. The Hall–Kier alpha value is -1.87. The molecule has 3 heteroatoms. The number of hydrogen-bond acceptors (Lipinski definition) is 2. The van der Waals surface area contributed by atoms with Crippen LogP contribution in [0.15, 0.2) is 60.8 Å². The molecule has 3 nitrogen and oxygen atoms in total. The van der Waals surface area contributed by atoms with Gasteiger partial charge in [0.2, 0.25) is 0 Å². The monoisotopic (exact) mass is 346 g/mol. The smallest absolute Gasteiger partial charge is 0.303 e. The predicted molar refractivity (Wildman–Crippen MR) is 107 cm³/mol. The van der Waals surface area contributed by atoms with Crippen LogP contribution in [0.1, 0.15) is 64.7 Å². The first kappa shape index (κ1) is 23.1. The lowest BCUT2D eigenvalue weighted by Gasteiger charge is -1.98. The van der Waals surface area contributed by atoms with E-state index in [1.54, 1.807) is 0 Å². The van der Waals surface area contributed by atoms with Crippen LogP contribution in [0.2, 0.25) is 0 Å². The summed E-state index contributed by atoms with van der Waals surface area (Å²) in [5, 5.41) is 18.3. The molecule has 0 heterocycles. The van der Waals surface area contributed by atoms with E-state index in [-0.39, 0.29) is 6.42 Å². The van der Waals surface area contributed by atoms with Gasteiger partial charge in [0.25, 0.3) is 0 Å². The molecule has 0 aromatic carbocycles. The largest absolute Gasteiger partial charge is 0.481 e. The zero-order valence-corrected chi connectivity index (χ0v) is 15.5. The number of carboxylic acids is 1. The second-order valence-electron chi connectivity index (χ2n) is 5.93. The van der Waals surface area contributed by atoms with Crippen molar-refractivity contribution in [2.24, 2.45) is 0 Å². The van der Waals surface area contributed by atoms with Gasteiger partial charge >= 0.3 is 5.97 Å². The van der Waals surface area contributed by atoms with Gasteiger partial charge in [-0.05, 0) is 38.5 Å². The van der Waals surface area contributed by atoms with Crippen LogP contribution in [0.4, 0.5) is 0 Å². The maximum atomic E-state index is 10.3. The summed E-state index contributed by atoms with van der Waals surface area (Å²) in [7, 11) is 0. The Kier molecular flexibility index (Phi) is 17.1. The van der Waals surface area contributed by atoms with E-state index in [1.165, 1.54) is 19.3 Å². The van der Waals surface area contributed by atoms with Crippen molar-refractivity contribution in [1.29, 1.82) is 0 Å². The number of unbranched alkanes of at least 4 members (excludes halogenated alkanes) is 3. The maximum absolute atomic E-state index is 10.3. The first-order chi connectivity index (χ1) is 12.2. The summed E-state index contributed by atoms with van der Waals surface area (Å²) in [5.41, 5.74) is 0. The third kappa shape index (κ3) is 20.1. The van der Waals surface area contributed by atoms with Crippen molar-refractivity contribution in [3.8, 4) is 0 Å². The molecule has 140 valence electrons. The molecule has 0 saturated heterocycles. The third-order valence-electron chi connectivity index (χ3n) is 3.50. The zero-order valence-electron chi connectivity index (χ0n) is 15.5. The second-order valence-corrected chi connectivity index (χ2v) is 5.93. The first-order valence-corrected chi connectivity index (χ1v) is 9.35. The van der Waals surface area contributed by atoms with Crippen molar-refractivity contribution < 1.29 is 15.0 Å². The Bertz CT molecular complexity index is 456. The summed E-state index contributed by atoms with van der Waals surface area (Å²) in [6.07, 6.45) is 27.4. The van der Waals surface area contributed by atoms with E-state index in [9.17, 15) is 9.90 Å². The van der Waals surface area contributed by atoms with Gasteiger partial charge in [0.1, 0.15) is 0 Å². The molecule has 0 amide bonds. The Balaban J connectivity index is 3.65. The van der Waals surface area contributed by atoms with Crippen LogP contribution in [0, 0.1) is 0 Å². The molecule has 0 aliphatic rings. The molecule has 0 bridgehead atoms. The Morgan fingerprint density at radius 2 is 1.56 bits per heavy atom. The Labute approximate surface area is 153 Å². The average Bonchev–Trinajstić information content (AvgIpc) is 2.58. The summed E-state index contributed by atoms with van der Waals surface area (Å²) in [4.78, 5) is 10.3. The minimum atomic E-state index is -0.759. The molecule has 0 aliphatic heterocycles. The number of carbonyl (C=O) groups is 1. The van der Waals surface area contributed by atoms with E-state index < -0.39 is 12.1 Å². The van der Waals surface area contributed by atoms with Crippen molar-refractivity contribution in [3.05, 3.63) is 60.8 Å². The molecule has 0 radical (unpaired) electrons. The van der Waals surface area contributed by atoms with Crippen molar-refractivity contribution in [1.82, 2.24) is 0 Å². The van der Waals surface area contributed by atoms with Gasteiger partial charge in [0.15, 0.2) is 0 Å². The first-order valence-electron chi connectivity index (χ1n) is 9.35. The lowest BCUT2D eigenvalue weighted by atomic mass is 10.2. The Morgan fingerprint density at radius 1 is 0.880 bits per heavy atom. The second kappa shape index (κ2) is 18.5. The normalized spacial score (nSPS) is 14.0. The van der Waals surface area contributed by atoms with Gasteiger partial charge in [-0.1, -0.05) is 80.5 Å². The molecule has 0 saturated carbocycles. The number of allylic oxidation sites excluding steroid dienone is 8. The molecular weight excluding hydrogens is 312 g/mol. The van der Waals surface area contributed by atoms with Gasteiger partial charge in [-0.25, -0.2) is 0 Å². The third-order valence-corrected chi connectivity index (χ3v) is 3.50. The molecule has 25 heavy (non-hydrogen) atoms. The summed E-state index contributed by atoms with van der Waals surface area (Å²) in [6, 6.07) is 0. The van der Waals surface area contributed by atoms with E-state index in [0.717, 1.165) is 19.3 Å². The van der Waals surface area contributed by atoms with Gasteiger partial charge in [-0.2, -0.15) is 0 Å². The van der Waals surface area contributed by atoms with Gasteiger partial charge in [-0.3, -0.25) is 4.79 Å². The highest BCUT2D eigenvalue weighted by molar-refractivity contribution is 5.66. The van der Waals surface area contributed by atoms with E-state index in [4.69, 9.17) is 5.11 Å². The maximum Gasteiger partial charge on any atom is 0.303 e. The van der Waals surface area contributed by atoms with Gasteiger partial charge < -0.3 is 10.2 Å². The van der Waals surface area contributed by atoms with Gasteiger partial charge in [0.05, 0.1) is 6.10 Å². The zero-order chi connectivity index (χ0) is 18.6. The van der Waals surface area contributed by atoms with Crippen LogP contribution in [-0.4, -0.2) is 22.3 Å². The van der Waals surface area contributed by atoms with Crippen molar-refractivity contribution in [2.45, 2.75) is 70.8 Å². The summed E-state index contributed by atoms with van der Waals surface area (Å²) in [6.45, 7) is 2.20. The highest BCUT2D eigenvalue weighted by Gasteiger charge is 1.93. The predicted octanol–water partition coefficient (Wildman–Crippen LogP) is 5.74. The molecule has 0 aromatic heterocycles.